The lowest BCUT2D eigenvalue weighted by atomic mass is 9.92. The van der Waals surface area contributed by atoms with Crippen molar-refractivity contribution < 1.29 is 14.0 Å². The summed E-state index contributed by atoms with van der Waals surface area (Å²) >= 11 is 0. The molecule has 1 aromatic heterocycles. The zero-order valence-electron chi connectivity index (χ0n) is 14.4. The van der Waals surface area contributed by atoms with Crippen molar-refractivity contribution in [1.29, 1.82) is 0 Å². The molecule has 1 aromatic carbocycles. The van der Waals surface area contributed by atoms with Crippen LogP contribution in [0.15, 0.2) is 16.5 Å². The molecule has 3 amide bonds. The van der Waals surface area contributed by atoms with E-state index in [1.807, 2.05) is 12.1 Å². The number of carbonyl (C=O) groups excluding carboxylic acids is 2. The summed E-state index contributed by atoms with van der Waals surface area (Å²) in [6, 6.07) is 3.64. The summed E-state index contributed by atoms with van der Waals surface area (Å²) in [6.07, 6.45) is 1.81. The number of aromatic nitrogens is 1. The maximum Gasteiger partial charge on any atom is 0.324 e. The Hall–Kier alpha value is -2.37. The van der Waals surface area contributed by atoms with E-state index in [1.165, 1.54) is 4.90 Å². The predicted octanol–water partition coefficient (Wildman–Crippen LogP) is 2.44. The molecule has 1 aliphatic heterocycles. The van der Waals surface area contributed by atoms with Crippen molar-refractivity contribution >= 4 is 23.0 Å². The Kier molecular flexibility index (Phi) is 2.90. The van der Waals surface area contributed by atoms with Gasteiger partial charge >= 0.3 is 6.03 Å². The van der Waals surface area contributed by atoms with Crippen molar-refractivity contribution in [3.63, 3.8) is 0 Å². The van der Waals surface area contributed by atoms with E-state index in [-0.39, 0.29) is 17.4 Å². The van der Waals surface area contributed by atoms with Crippen LogP contribution in [0.2, 0.25) is 0 Å². The Labute approximate surface area is 140 Å². The summed E-state index contributed by atoms with van der Waals surface area (Å²) in [4.78, 5) is 30.3. The SMILES string of the molecule is CN1C(=O)NC(=O)C12Cc1cc3nc(CC(C)(C)C)oc3cc1C2. The fourth-order valence-corrected chi connectivity index (χ4v) is 3.70. The molecule has 1 aliphatic carbocycles. The van der Waals surface area contributed by atoms with Gasteiger partial charge in [0.1, 0.15) is 11.1 Å². The van der Waals surface area contributed by atoms with Crippen molar-refractivity contribution in [3.05, 3.63) is 29.2 Å². The number of hydrogen-bond acceptors (Lipinski definition) is 4. The molecule has 0 radical (unpaired) electrons. The summed E-state index contributed by atoms with van der Waals surface area (Å²) in [6.45, 7) is 6.45. The van der Waals surface area contributed by atoms with Gasteiger partial charge in [-0.1, -0.05) is 20.8 Å². The molecular formula is C18H21N3O3. The topological polar surface area (TPSA) is 75.4 Å². The van der Waals surface area contributed by atoms with Crippen molar-refractivity contribution in [1.82, 2.24) is 15.2 Å². The van der Waals surface area contributed by atoms with Gasteiger partial charge < -0.3 is 9.32 Å². The third-order valence-corrected chi connectivity index (χ3v) is 4.99. The third-order valence-electron chi connectivity index (χ3n) is 4.99. The molecule has 1 spiro atoms. The van der Waals surface area contributed by atoms with Crippen LogP contribution in [0.3, 0.4) is 0 Å². The van der Waals surface area contributed by atoms with Gasteiger partial charge in [-0.05, 0) is 28.7 Å². The zero-order chi connectivity index (χ0) is 17.3. The van der Waals surface area contributed by atoms with Gasteiger partial charge in [-0.3, -0.25) is 10.1 Å². The van der Waals surface area contributed by atoms with Gasteiger partial charge in [0.2, 0.25) is 0 Å². The van der Waals surface area contributed by atoms with Crippen LogP contribution in [-0.2, 0) is 24.1 Å². The largest absolute Gasteiger partial charge is 0.441 e. The molecule has 1 fully saturated rings. The van der Waals surface area contributed by atoms with Crippen LogP contribution in [0.4, 0.5) is 4.79 Å². The molecule has 2 aromatic rings. The van der Waals surface area contributed by atoms with Crippen molar-refractivity contribution in [2.45, 2.75) is 45.6 Å². The van der Waals surface area contributed by atoms with Gasteiger partial charge in [-0.25, -0.2) is 9.78 Å². The maximum atomic E-state index is 12.3. The number of nitrogens with one attached hydrogen (secondary N) is 1. The summed E-state index contributed by atoms with van der Waals surface area (Å²) in [5.41, 5.74) is 2.99. The highest BCUT2D eigenvalue weighted by Gasteiger charge is 2.54. The van der Waals surface area contributed by atoms with Crippen LogP contribution in [0.5, 0.6) is 0 Å². The first kappa shape index (κ1) is 15.2. The van der Waals surface area contributed by atoms with E-state index < -0.39 is 5.54 Å². The van der Waals surface area contributed by atoms with Crippen LogP contribution in [-0.4, -0.2) is 34.4 Å². The molecule has 1 N–H and O–H groups in total. The zero-order valence-corrected chi connectivity index (χ0v) is 14.4. The highest BCUT2D eigenvalue weighted by Crippen LogP contribution is 2.39. The molecule has 6 nitrogen and oxygen atoms in total. The lowest BCUT2D eigenvalue weighted by molar-refractivity contribution is -0.125. The molecular weight excluding hydrogens is 306 g/mol. The number of oxazole rings is 1. The number of carbonyl (C=O) groups is 2. The van der Waals surface area contributed by atoms with E-state index in [4.69, 9.17) is 4.42 Å². The van der Waals surface area contributed by atoms with E-state index in [1.54, 1.807) is 7.05 Å². The second kappa shape index (κ2) is 4.59. The number of amides is 3. The number of fused-ring (bicyclic) bond motifs is 2. The lowest BCUT2D eigenvalue weighted by Gasteiger charge is -2.27. The smallest absolute Gasteiger partial charge is 0.324 e. The number of imide groups is 1. The highest BCUT2D eigenvalue weighted by molar-refractivity contribution is 6.07. The van der Waals surface area contributed by atoms with Gasteiger partial charge in [-0.2, -0.15) is 0 Å². The Morgan fingerprint density at radius 2 is 1.92 bits per heavy atom. The van der Waals surface area contributed by atoms with Gasteiger partial charge in [0.25, 0.3) is 5.91 Å². The van der Waals surface area contributed by atoms with E-state index in [2.05, 4.69) is 31.1 Å². The van der Waals surface area contributed by atoms with E-state index in [9.17, 15) is 9.59 Å². The van der Waals surface area contributed by atoms with Gasteiger partial charge in [0, 0.05) is 26.3 Å². The van der Waals surface area contributed by atoms with E-state index >= 15 is 0 Å². The number of benzene rings is 1. The minimum atomic E-state index is -0.799. The van der Waals surface area contributed by atoms with Gasteiger partial charge in [0.15, 0.2) is 11.5 Å². The number of urea groups is 1. The molecule has 2 aliphatic rings. The molecule has 1 atom stereocenters. The van der Waals surface area contributed by atoms with Gasteiger partial charge in [-0.15, -0.1) is 0 Å². The Morgan fingerprint density at radius 1 is 1.25 bits per heavy atom. The van der Waals surface area contributed by atoms with Gasteiger partial charge in [0.05, 0.1) is 0 Å². The highest BCUT2D eigenvalue weighted by atomic mass is 16.3. The molecule has 4 rings (SSSR count). The van der Waals surface area contributed by atoms with Crippen LogP contribution in [0.1, 0.15) is 37.8 Å². The summed E-state index contributed by atoms with van der Waals surface area (Å²) in [5, 5.41) is 2.41. The summed E-state index contributed by atoms with van der Waals surface area (Å²) in [5.74, 6) is 0.519. The second-order valence-electron chi connectivity index (χ2n) is 8.14. The molecule has 1 unspecified atom stereocenters. The maximum absolute atomic E-state index is 12.3. The first-order valence-corrected chi connectivity index (χ1v) is 8.18. The molecule has 2 heterocycles. The fraction of sp³-hybridized carbons (Fsp3) is 0.500. The lowest BCUT2D eigenvalue weighted by Crippen LogP contribution is -2.48. The molecule has 24 heavy (non-hydrogen) atoms. The number of rotatable bonds is 1. The fourth-order valence-electron chi connectivity index (χ4n) is 3.70. The summed E-state index contributed by atoms with van der Waals surface area (Å²) in [7, 11) is 1.68. The van der Waals surface area contributed by atoms with Crippen molar-refractivity contribution in [2.24, 2.45) is 5.41 Å². The van der Waals surface area contributed by atoms with E-state index in [0.29, 0.717) is 12.8 Å². The average molecular weight is 327 g/mol. The standard InChI is InChI=1S/C18H21N3O3/c1-17(2,3)9-14-19-12-5-10-7-18(8-11(10)6-13(12)24-14)15(22)20-16(23)21(18)4/h5-6H,7-9H2,1-4H3,(H,20,22,23). The predicted molar refractivity (Wildman–Crippen MR) is 88.6 cm³/mol. The van der Waals surface area contributed by atoms with Crippen LogP contribution in [0.25, 0.3) is 11.1 Å². The van der Waals surface area contributed by atoms with Crippen molar-refractivity contribution in [3.8, 4) is 0 Å². The van der Waals surface area contributed by atoms with Crippen molar-refractivity contribution in [2.75, 3.05) is 7.05 Å². The normalized spacial score (nSPS) is 23.4. The molecule has 6 heteroatoms. The van der Waals surface area contributed by atoms with Crippen LogP contribution < -0.4 is 5.32 Å². The van der Waals surface area contributed by atoms with E-state index in [0.717, 1.165) is 34.5 Å². The molecule has 0 saturated carbocycles. The Balaban J connectivity index is 1.71. The molecule has 1 saturated heterocycles. The Bertz CT molecular complexity index is 832. The number of hydrogen-bond donors (Lipinski definition) is 1. The molecule has 0 bridgehead atoms. The first-order chi connectivity index (χ1) is 11.2. The quantitative estimate of drug-likeness (QED) is 0.816. The monoisotopic (exact) mass is 327 g/mol. The van der Waals surface area contributed by atoms with Crippen LogP contribution in [0, 0.1) is 5.41 Å². The minimum Gasteiger partial charge on any atom is -0.441 e. The second-order valence-corrected chi connectivity index (χ2v) is 8.14. The van der Waals surface area contributed by atoms with Crippen LogP contribution >= 0.6 is 0 Å². The third kappa shape index (κ3) is 2.12. The number of nitrogens with zero attached hydrogens (tertiary/aromatic N) is 2. The minimum absolute atomic E-state index is 0.110. The first-order valence-electron chi connectivity index (χ1n) is 8.18. The molecule has 126 valence electrons. The average Bonchev–Trinajstić information content (AvgIpc) is 3.06. The number of likely N-dealkylation sites (N-methyl/N-ethyl adjacent to an activating group) is 1. The summed E-state index contributed by atoms with van der Waals surface area (Å²) < 4.78 is 5.90. The Morgan fingerprint density at radius 3 is 2.50 bits per heavy atom.